The van der Waals surface area contributed by atoms with Gasteiger partial charge in [0.15, 0.2) is 0 Å². The zero-order chi connectivity index (χ0) is 26.4. The molecule has 200 valence electrons. The number of carbonyl (C=O) groups is 1. The first kappa shape index (κ1) is 26.1. The van der Waals surface area contributed by atoms with Gasteiger partial charge in [-0.15, -0.1) is 0 Å². The highest BCUT2D eigenvalue weighted by Crippen LogP contribution is 2.62. The summed E-state index contributed by atoms with van der Waals surface area (Å²) in [5.74, 6) is 1.54. The second-order valence-electron chi connectivity index (χ2n) is 11.5. The molecule has 4 fully saturated rings. The van der Waals surface area contributed by atoms with Crippen molar-refractivity contribution in [1.82, 2.24) is 0 Å². The number of esters is 1. The number of benzene rings is 2. The molecule has 2 atom stereocenters. The number of alkyl halides is 3. The van der Waals surface area contributed by atoms with Crippen LogP contribution in [0.4, 0.5) is 13.2 Å². The summed E-state index contributed by atoms with van der Waals surface area (Å²) in [4.78, 5) is 13.2. The highest BCUT2D eigenvalue weighted by atomic mass is 19.4. The fraction of sp³-hybridized carbons (Fsp3) is 0.581. The van der Waals surface area contributed by atoms with Gasteiger partial charge in [-0.05, 0) is 98.3 Å². The van der Waals surface area contributed by atoms with Gasteiger partial charge < -0.3 is 9.47 Å². The van der Waals surface area contributed by atoms with Crippen molar-refractivity contribution >= 4 is 5.97 Å². The Morgan fingerprint density at radius 3 is 2.16 bits per heavy atom. The highest BCUT2D eigenvalue weighted by molar-refractivity contribution is 5.80. The Hall–Kier alpha value is -2.50. The molecule has 0 aromatic heterocycles. The fourth-order valence-corrected chi connectivity index (χ4v) is 8.15. The smallest absolute Gasteiger partial charge is 0.416 e. The molecule has 6 rings (SSSR count). The molecule has 0 heterocycles. The van der Waals surface area contributed by atoms with Crippen molar-refractivity contribution in [1.29, 1.82) is 0 Å². The second-order valence-corrected chi connectivity index (χ2v) is 11.5. The van der Waals surface area contributed by atoms with Crippen LogP contribution in [0.3, 0.4) is 0 Å². The number of rotatable bonds is 8. The van der Waals surface area contributed by atoms with Gasteiger partial charge in [0.2, 0.25) is 0 Å². The zero-order valence-electron chi connectivity index (χ0n) is 21.9. The normalized spacial score (nSPS) is 28.1. The molecule has 3 nitrogen and oxygen atoms in total. The van der Waals surface area contributed by atoms with Crippen LogP contribution in [0.15, 0.2) is 42.5 Å². The zero-order valence-corrected chi connectivity index (χ0v) is 21.9. The first-order valence-electron chi connectivity index (χ1n) is 13.7. The van der Waals surface area contributed by atoms with Crippen molar-refractivity contribution in [2.24, 2.45) is 17.8 Å². The minimum absolute atomic E-state index is 0.155. The quantitative estimate of drug-likeness (QED) is 0.335. The molecular weight excluding hydrogens is 477 g/mol. The van der Waals surface area contributed by atoms with Crippen molar-refractivity contribution in [3.63, 3.8) is 0 Å². The Morgan fingerprint density at radius 1 is 0.973 bits per heavy atom. The second kappa shape index (κ2) is 9.99. The van der Waals surface area contributed by atoms with E-state index in [1.165, 1.54) is 50.2 Å². The largest absolute Gasteiger partial charge is 0.496 e. The monoisotopic (exact) mass is 514 g/mol. The molecule has 0 N–H and O–H groups in total. The average Bonchev–Trinajstić information content (AvgIpc) is 2.85. The van der Waals surface area contributed by atoms with Gasteiger partial charge in [-0.1, -0.05) is 37.3 Å². The molecule has 37 heavy (non-hydrogen) atoms. The van der Waals surface area contributed by atoms with E-state index in [1.54, 1.807) is 20.1 Å². The van der Waals surface area contributed by atoms with Gasteiger partial charge in [0.1, 0.15) is 5.75 Å². The van der Waals surface area contributed by atoms with Gasteiger partial charge >= 0.3 is 12.1 Å². The van der Waals surface area contributed by atoms with E-state index in [9.17, 15) is 18.0 Å². The predicted molar refractivity (Wildman–Crippen MR) is 137 cm³/mol. The molecule has 4 bridgehead atoms. The Kier molecular flexibility index (Phi) is 7.06. The van der Waals surface area contributed by atoms with Crippen LogP contribution in [0.1, 0.15) is 92.9 Å². The summed E-state index contributed by atoms with van der Waals surface area (Å²) in [7, 11) is 1.69. The Labute approximate surface area is 217 Å². The third-order valence-electron chi connectivity index (χ3n) is 9.22. The van der Waals surface area contributed by atoms with E-state index in [4.69, 9.17) is 9.47 Å². The summed E-state index contributed by atoms with van der Waals surface area (Å²) in [5.41, 5.74) is 1.87. The summed E-state index contributed by atoms with van der Waals surface area (Å²) in [6, 6.07) is 11.4. The molecule has 4 saturated carbocycles. The van der Waals surface area contributed by atoms with Crippen molar-refractivity contribution in [3.05, 3.63) is 64.7 Å². The van der Waals surface area contributed by atoms with Crippen LogP contribution in [-0.2, 0) is 21.1 Å². The molecule has 2 aromatic carbocycles. The van der Waals surface area contributed by atoms with Gasteiger partial charge in [-0.25, -0.2) is 0 Å². The third-order valence-corrected chi connectivity index (χ3v) is 9.22. The number of carbonyl (C=O) groups excluding carboxylic acids is 1. The van der Waals surface area contributed by atoms with E-state index in [1.807, 2.05) is 13.0 Å². The summed E-state index contributed by atoms with van der Waals surface area (Å²) in [6.45, 7) is 3.84. The molecule has 4 aliphatic carbocycles. The average molecular weight is 515 g/mol. The lowest BCUT2D eigenvalue weighted by Crippen LogP contribution is -2.48. The Morgan fingerprint density at radius 2 is 1.62 bits per heavy atom. The van der Waals surface area contributed by atoms with E-state index in [0.717, 1.165) is 41.2 Å². The molecule has 0 saturated heterocycles. The van der Waals surface area contributed by atoms with Crippen LogP contribution < -0.4 is 4.74 Å². The summed E-state index contributed by atoms with van der Waals surface area (Å²) < 4.78 is 51.9. The van der Waals surface area contributed by atoms with Gasteiger partial charge in [0, 0.05) is 11.5 Å². The molecule has 6 heteroatoms. The van der Waals surface area contributed by atoms with E-state index < -0.39 is 23.6 Å². The van der Waals surface area contributed by atoms with Crippen LogP contribution in [0.5, 0.6) is 5.75 Å². The molecule has 0 spiro atoms. The van der Waals surface area contributed by atoms with Crippen LogP contribution >= 0.6 is 0 Å². The minimum atomic E-state index is -4.49. The summed E-state index contributed by atoms with van der Waals surface area (Å²) >= 11 is 0. The molecular formula is C31H37F3O3. The lowest BCUT2D eigenvalue weighted by molar-refractivity contribution is -0.146. The van der Waals surface area contributed by atoms with E-state index in [2.05, 4.69) is 12.1 Å². The van der Waals surface area contributed by atoms with Crippen molar-refractivity contribution in [3.8, 4) is 5.75 Å². The van der Waals surface area contributed by atoms with Crippen LogP contribution in [0.2, 0.25) is 0 Å². The number of ether oxygens (including phenoxy) is 2. The fourth-order valence-electron chi connectivity index (χ4n) is 8.15. The predicted octanol–water partition coefficient (Wildman–Crippen LogP) is 8.02. The lowest BCUT2D eigenvalue weighted by Gasteiger charge is -2.57. The molecule has 2 unspecified atom stereocenters. The lowest BCUT2D eigenvalue weighted by atomic mass is 9.48. The van der Waals surface area contributed by atoms with Gasteiger partial charge in [0.05, 0.1) is 25.2 Å². The number of methoxy groups -OCH3 is 1. The number of hydrogen-bond donors (Lipinski definition) is 0. The van der Waals surface area contributed by atoms with Crippen LogP contribution in [0.25, 0.3) is 0 Å². The summed E-state index contributed by atoms with van der Waals surface area (Å²) in [5, 5.41) is 0. The Bertz CT molecular complexity index is 1100. The molecule has 0 aliphatic heterocycles. The van der Waals surface area contributed by atoms with Crippen molar-refractivity contribution < 1.29 is 27.4 Å². The summed E-state index contributed by atoms with van der Waals surface area (Å²) in [6.07, 6.45) is 3.78. The Balaban J connectivity index is 1.53. The SMILES string of the molecule is CCOC(=O)C(c1cccc(C(F)(F)F)c1)C(CC)c1ccc(C23CC4CC(CC(C4)C2)C3)c(OC)c1. The highest BCUT2D eigenvalue weighted by Gasteiger charge is 2.52. The minimum Gasteiger partial charge on any atom is -0.496 e. The molecule has 0 radical (unpaired) electrons. The van der Waals surface area contributed by atoms with Crippen molar-refractivity contribution in [2.45, 2.75) is 82.2 Å². The molecule has 2 aromatic rings. The van der Waals surface area contributed by atoms with Gasteiger partial charge in [0.25, 0.3) is 0 Å². The van der Waals surface area contributed by atoms with Crippen molar-refractivity contribution in [2.75, 3.05) is 13.7 Å². The molecule has 4 aliphatic rings. The first-order valence-corrected chi connectivity index (χ1v) is 13.7. The number of hydrogen-bond acceptors (Lipinski definition) is 3. The van der Waals surface area contributed by atoms with Gasteiger partial charge in [-0.2, -0.15) is 13.2 Å². The molecule has 0 amide bonds. The van der Waals surface area contributed by atoms with Crippen LogP contribution in [0, 0.1) is 17.8 Å². The maximum absolute atomic E-state index is 13.5. The van der Waals surface area contributed by atoms with Gasteiger partial charge in [-0.3, -0.25) is 4.79 Å². The topological polar surface area (TPSA) is 35.5 Å². The number of halogens is 3. The standard InChI is InChI=1S/C31H37F3O3/c1-4-25(28(29(35)37-5-2)23-7-6-8-24(14-23)31(32,33)34)22-9-10-26(27(15-22)36-3)30-16-19-11-20(17-30)13-21(12-19)18-30/h6-10,14-15,19-21,25,28H,4-5,11-13,16-18H2,1-3H3. The van der Waals surface area contributed by atoms with Crippen LogP contribution in [-0.4, -0.2) is 19.7 Å². The maximum Gasteiger partial charge on any atom is 0.416 e. The van der Waals surface area contributed by atoms with E-state index >= 15 is 0 Å². The third kappa shape index (κ3) is 4.88. The van der Waals surface area contributed by atoms with E-state index in [-0.39, 0.29) is 17.9 Å². The van der Waals surface area contributed by atoms with E-state index in [0.29, 0.717) is 12.0 Å². The first-order chi connectivity index (χ1) is 17.7. The maximum atomic E-state index is 13.5.